The Kier molecular flexibility index (Phi) is 4.40. The van der Waals surface area contributed by atoms with Crippen molar-refractivity contribution in [2.45, 2.75) is 15.2 Å². The average molecular weight is 544 g/mol. The fraction of sp³-hybridized carbons (Fsp3) is 0.0263. The fourth-order valence-electron chi connectivity index (χ4n) is 7.63. The molecule has 0 saturated heterocycles. The number of hydrogen-bond acceptors (Lipinski definition) is 1. The van der Waals surface area contributed by atoms with Crippen LogP contribution in [-0.4, -0.2) is 14.6 Å². The molecule has 1 spiro atoms. The van der Waals surface area contributed by atoms with Crippen LogP contribution in [0.1, 0.15) is 22.3 Å². The van der Waals surface area contributed by atoms with Gasteiger partial charge < -0.3 is 4.57 Å². The van der Waals surface area contributed by atoms with Crippen LogP contribution in [0.4, 0.5) is 0 Å². The lowest BCUT2D eigenvalue weighted by atomic mass is 9.67. The Balaban J connectivity index is 1.62. The molecule has 1 atom stereocenters. The Morgan fingerprint density at radius 2 is 1.12 bits per heavy atom. The van der Waals surface area contributed by atoms with E-state index in [-0.39, 0.29) is 0 Å². The van der Waals surface area contributed by atoms with Gasteiger partial charge in [-0.05, 0) is 64.0 Å². The van der Waals surface area contributed by atoms with E-state index in [2.05, 4.69) is 138 Å². The van der Waals surface area contributed by atoms with E-state index >= 15 is 4.21 Å². The highest BCUT2D eigenvalue weighted by molar-refractivity contribution is 8.00. The average Bonchev–Trinajstić information content (AvgIpc) is 3.52. The molecule has 1 aliphatic heterocycles. The lowest BCUT2D eigenvalue weighted by Gasteiger charge is -2.41. The van der Waals surface area contributed by atoms with Crippen molar-refractivity contribution < 1.29 is 4.21 Å². The first-order valence-electron chi connectivity index (χ1n) is 13.9. The van der Waals surface area contributed by atoms with Gasteiger partial charge in [0.05, 0.1) is 16.4 Å². The molecule has 2 nitrogen and oxygen atoms in total. The molecule has 0 bridgehead atoms. The van der Waals surface area contributed by atoms with Crippen LogP contribution in [0.15, 0.2) is 149 Å². The summed E-state index contributed by atoms with van der Waals surface area (Å²) >= 11 is 0. The minimum absolute atomic E-state index is 0.655. The van der Waals surface area contributed by atoms with Crippen molar-refractivity contribution in [3.05, 3.63) is 162 Å². The topological polar surface area (TPSA) is 22.0 Å². The molecule has 9 rings (SSSR count). The number of fused-ring (bicyclic) bond motifs is 13. The summed E-state index contributed by atoms with van der Waals surface area (Å²) in [6, 6.07) is 49.2. The van der Waals surface area contributed by atoms with Crippen LogP contribution in [-0.2, 0) is 14.9 Å². The standard InChI is InChI=1S/C38H25NOS/c1-41(40)34-22-12-10-20-32(34)38(30-18-8-5-15-26(30)27-16-6-9-19-31(27)38)36-35(41)24-23-29-28-17-7-11-21-33(28)39(37(29)36)25-13-3-2-4-14-25/h2-24H,1H2. The third-order valence-electron chi connectivity index (χ3n) is 9.14. The van der Waals surface area contributed by atoms with E-state index in [4.69, 9.17) is 0 Å². The molecule has 0 radical (unpaired) electrons. The molecule has 7 aromatic rings. The molecule has 0 amide bonds. The Labute approximate surface area is 239 Å². The number of nitrogens with zero attached hydrogens (tertiary/aromatic N) is 1. The van der Waals surface area contributed by atoms with E-state index in [0.29, 0.717) is 0 Å². The van der Waals surface area contributed by atoms with Crippen molar-refractivity contribution in [3.63, 3.8) is 0 Å². The Bertz CT molecular complexity index is 2280. The van der Waals surface area contributed by atoms with Gasteiger partial charge in [0.25, 0.3) is 0 Å². The summed E-state index contributed by atoms with van der Waals surface area (Å²) in [6.45, 7) is 0. The third kappa shape index (κ3) is 2.67. The van der Waals surface area contributed by atoms with Gasteiger partial charge in [0.2, 0.25) is 0 Å². The van der Waals surface area contributed by atoms with Crippen LogP contribution >= 0.6 is 0 Å². The molecule has 1 aliphatic carbocycles. The maximum Gasteiger partial charge on any atom is 0.0757 e. The monoisotopic (exact) mass is 543 g/mol. The summed E-state index contributed by atoms with van der Waals surface area (Å²) in [5.74, 6) is 4.46. The molecule has 3 heteroatoms. The summed E-state index contributed by atoms with van der Waals surface area (Å²) in [6.07, 6.45) is 0. The van der Waals surface area contributed by atoms with Crippen LogP contribution < -0.4 is 0 Å². The first kappa shape index (κ1) is 22.9. The normalized spacial score (nSPS) is 17.8. The Morgan fingerprint density at radius 1 is 0.537 bits per heavy atom. The highest BCUT2D eigenvalue weighted by Gasteiger charge is 2.53. The number of aromatic nitrogens is 1. The third-order valence-corrected chi connectivity index (χ3v) is 11.3. The Morgan fingerprint density at radius 3 is 1.85 bits per heavy atom. The minimum Gasteiger partial charge on any atom is -0.309 e. The molecule has 1 unspecified atom stereocenters. The van der Waals surface area contributed by atoms with Crippen LogP contribution in [0.3, 0.4) is 0 Å². The largest absolute Gasteiger partial charge is 0.309 e. The van der Waals surface area contributed by atoms with Crippen molar-refractivity contribution in [3.8, 4) is 16.8 Å². The van der Waals surface area contributed by atoms with Crippen LogP contribution in [0.5, 0.6) is 0 Å². The van der Waals surface area contributed by atoms with E-state index < -0.39 is 14.9 Å². The van der Waals surface area contributed by atoms with Crippen LogP contribution in [0.2, 0.25) is 0 Å². The van der Waals surface area contributed by atoms with Gasteiger partial charge in [-0.25, -0.2) is 0 Å². The predicted octanol–water partition coefficient (Wildman–Crippen LogP) is 8.59. The number of hydrogen-bond donors (Lipinski definition) is 0. The van der Waals surface area contributed by atoms with Crippen molar-refractivity contribution in [2.75, 3.05) is 0 Å². The van der Waals surface area contributed by atoms with Gasteiger partial charge in [-0.15, -0.1) is 0 Å². The first-order chi connectivity index (χ1) is 20.1. The van der Waals surface area contributed by atoms with Crippen molar-refractivity contribution in [1.29, 1.82) is 0 Å². The van der Waals surface area contributed by atoms with Crippen LogP contribution in [0.25, 0.3) is 38.6 Å². The van der Waals surface area contributed by atoms with Gasteiger partial charge in [-0.1, -0.05) is 109 Å². The van der Waals surface area contributed by atoms with Gasteiger partial charge in [0, 0.05) is 41.3 Å². The highest BCUT2D eigenvalue weighted by atomic mass is 32.2. The van der Waals surface area contributed by atoms with Gasteiger partial charge in [-0.3, -0.25) is 4.21 Å². The van der Waals surface area contributed by atoms with E-state index in [1.807, 2.05) is 12.1 Å². The molecule has 0 N–H and O–H groups in total. The maximum atomic E-state index is 15.0. The van der Waals surface area contributed by atoms with Gasteiger partial charge in [0.15, 0.2) is 0 Å². The summed E-state index contributed by atoms with van der Waals surface area (Å²) in [7, 11) is -2.81. The van der Waals surface area contributed by atoms with E-state index in [1.165, 1.54) is 27.6 Å². The smallest absolute Gasteiger partial charge is 0.0757 e. The fourth-order valence-corrected chi connectivity index (χ4v) is 9.61. The van der Waals surface area contributed by atoms with E-state index in [0.717, 1.165) is 43.0 Å². The summed E-state index contributed by atoms with van der Waals surface area (Å²) < 4.78 is 17.4. The molecule has 1 aromatic heterocycles. The van der Waals surface area contributed by atoms with Gasteiger partial charge in [0.1, 0.15) is 0 Å². The predicted molar refractivity (Wildman–Crippen MR) is 170 cm³/mol. The van der Waals surface area contributed by atoms with Crippen molar-refractivity contribution >= 4 is 37.2 Å². The quantitative estimate of drug-likeness (QED) is 0.190. The Hall–Kier alpha value is -4.86. The minimum atomic E-state index is -2.81. The van der Waals surface area contributed by atoms with E-state index in [9.17, 15) is 0 Å². The second kappa shape index (κ2) is 7.87. The highest BCUT2D eigenvalue weighted by Crippen LogP contribution is 2.62. The number of para-hydroxylation sites is 2. The molecular formula is C38H25NOS. The van der Waals surface area contributed by atoms with E-state index in [1.54, 1.807) is 0 Å². The molecule has 41 heavy (non-hydrogen) atoms. The molecule has 2 heterocycles. The van der Waals surface area contributed by atoms with Crippen molar-refractivity contribution in [2.24, 2.45) is 0 Å². The second-order valence-corrected chi connectivity index (χ2v) is 13.3. The summed E-state index contributed by atoms with van der Waals surface area (Å²) in [4.78, 5) is 1.64. The van der Waals surface area contributed by atoms with Gasteiger partial charge >= 0.3 is 0 Å². The molecule has 2 aliphatic rings. The zero-order valence-corrected chi connectivity index (χ0v) is 23.1. The second-order valence-electron chi connectivity index (χ2n) is 11.0. The molecule has 0 saturated carbocycles. The zero-order chi connectivity index (χ0) is 27.3. The van der Waals surface area contributed by atoms with Crippen LogP contribution in [0, 0.1) is 0 Å². The van der Waals surface area contributed by atoms with Crippen molar-refractivity contribution in [1.82, 2.24) is 4.57 Å². The first-order valence-corrected chi connectivity index (χ1v) is 15.6. The molecule has 0 fully saturated rings. The summed E-state index contributed by atoms with van der Waals surface area (Å²) in [5.41, 5.74) is 9.67. The summed E-state index contributed by atoms with van der Waals surface area (Å²) in [5, 5.41) is 2.33. The lowest BCUT2D eigenvalue weighted by molar-refractivity contribution is 0.659. The maximum absolute atomic E-state index is 15.0. The number of benzene rings is 6. The zero-order valence-electron chi connectivity index (χ0n) is 22.2. The van der Waals surface area contributed by atoms with Gasteiger partial charge in [-0.2, -0.15) is 0 Å². The molecule has 6 aromatic carbocycles. The number of rotatable bonds is 1. The SMILES string of the molecule is C=S1(=O)c2ccccc2C2(c3ccccc3-c3ccccc32)c2c1ccc1c3ccccc3n(-c3ccccc3)c21. The lowest BCUT2D eigenvalue weighted by Crippen LogP contribution is -2.36. The molecular weight excluding hydrogens is 518 g/mol. The molecule has 194 valence electrons.